The zero-order chi connectivity index (χ0) is 19.2. The van der Waals surface area contributed by atoms with Crippen molar-refractivity contribution < 1.29 is 13.9 Å². The van der Waals surface area contributed by atoms with Gasteiger partial charge in [-0.25, -0.2) is 4.98 Å². The number of hydrogen-bond acceptors (Lipinski definition) is 9. The van der Waals surface area contributed by atoms with Crippen molar-refractivity contribution in [2.45, 2.75) is 31.6 Å². The van der Waals surface area contributed by atoms with Crippen LogP contribution in [0.5, 0.6) is 5.75 Å². The lowest BCUT2D eigenvalue weighted by atomic mass is 10.1. The Hall–Kier alpha value is -2.70. The molecule has 3 aromatic rings. The lowest BCUT2D eigenvalue weighted by molar-refractivity contribution is -0.116. The van der Waals surface area contributed by atoms with Crippen molar-refractivity contribution in [3.63, 3.8) is 0 Å². The molecule has 1 aromatic carbocycles. The predicted octanol–water partition coefficient (Wildman–Crippen LogP) is 3.69. The van der Waals surface area contributed by atoms with E-state index in [0.717, 1.165) is 23.0 Å². The fourth-order valence-corrected chi connectivity index (χ4v) is 3.74. The normalized spacial score (nSPS) is 11.7. The first-order valence-electron chi connectivity index (χ1n) is 8.04. The van der Waals surface area contributed by atoms with E-state index in [2.05, 4.69) is 15.2 Å². The fourth-order valence-electron chi connectivity index (χ4n) is 2.19. The Bertz CT molecular complexity index is 977. The van der Waals surface area contributed by atoms with Crippen LogP contribution >= 0.6 is 23.1 Å². The van der Waals surface area contributed by atoms with Gasteiger partial charge in [0.25, 0.3) is 11.1 Å². The minimum atomic E-state index is -0.872. The Kier molecular flexibility index (Phi) is 6.21. The number of Topliss-reactive ketones (excluding diaryl/α,β-unsaturated/α-hetero) is 1. The number of aromatic nitrogens is 3. The second-order valence-electron chi connectivity index (χ2n) is 5.71. The number of carbonyl (C=O) groups excluding carboxylic acids is 1. The quantitative estimate of drug-likeness (QED) is 0.528. The number of carbonyl (C=O) groups is 1. The summed E-state index contributed by atoms with van der Waals surface area (Å²) >= 11 is 2.41. The predicted molar refractivity (Wildman–Crippen MR) is 101 cm³/mol. The molecule has 0 saturated heterocycles. The van der Waals surface area contributed by atoms with E-state index in [1.165, 1.54) is 11.3 Å². The molecule has 0 radical (unpaired) electrons. The Morgan fingerprint density at radius 3 is 2.96 bits per heavy atom. The third kappa shape index (κ3) is 5.15. The van der Waals surface area contributed by atoms with Crippen molar-refractivity contribution in [1.29, 1.82) is 5.26 Å². The molecule has 0 aliphatic carbocycles. The highest BCUT2D eigenvalue weighted by atomic mass is 32.2. The van der Waals surface area contributed by atoms with E-state index >= 15 is 0 Å². The summed E-state index contributed by atoms with van der Waals surface area (Å²) in [5.74, 6) is -0.0279. The first-order valence-corrected chi connectivity index (χ1v) is 9.90. The van der Waals surface area contributed by atoms with E-state index < -0.39 is 5.92 Å². The van der Waals surface area contributed by atoms with Gasteiger partial charge < -0.3 is 9.15 Å². The maximum atomic E-state index is 12.3. The first-order chi connectivity index (χ1) is 13.0. The van der Waals surface area contributed by atoms with Crippen LogP contribution in [0.25, 0.3) is 0 Å². The highest BCUT2D eigenvalue weighted by Crippen LogP contribution is 2.24. The van der Waals surface area contributed by atoms with Crippen molar-refractivity contribution in [3.05, 3.63) is 51.8 Å². The standard InChI is InChI=1S/C18H16N4O3S2/c1-11-4-3-5-13(6-11)24-8-16-21-22-18(25-16)27-10-15(23)14(7-19)17-20-12(2)9-26-17/h3-6,9,14H,8,10H2,1-2H3. The third-order valence-corrected chi connectivity index (χ3v) is 5.34. The van der Waals surface area contributed by atoms with Crippen LogP contribution in [0, 0.1) is 25.2 Å². The lowest BCUT2D eigenvalue weighted by Crippen LogP contribution is -2.13. The molecule has 0 fully saturated rings. The van der Waals surface area contributed by atoms with Crippen LogP contribution in [0.1, 0.15) is 28.1 Å². The van der Waals surface area contributed by atoms with Crippen LogP contribution in [0.2, 0.25) is 0 Å². The average Bonchev–Trinajstić information content (AvgIpc) is 3.28. The Balaban J connectivity index is 1.53. The van der Waals surface area contributed by atoms with Crippen molar-refractivity contribution in [2.24, 2.45) is 0 Å². The smallest absolute Gasteiger partial charge is 0.277 e. The van der Waals surface area contributed by atoms with Gasteiger partial charge in [0, 0.05) is 11.1 Å². The van der Waals surface area contributed by atoms with E-state index in [9.17, 15) is 10.1 Å². The number of nitriles is 1. The zero-order valence-corrected chi connectivity index (χ0v) is 16.3. The lowest BCUT2D eigenvalue weighted by Gasteiger charge is -2.04. The molecule has 2 aromatic heterocycles. The van der Waals surface area contributed by atoms with E-state index in [-0.39, 0.29) is 23.4 Å². The van der Waals surface area contributed by atoms with E-state index in [1.807, 2.05) is 49.6 Å². The Labute approximate surface area is 164 Å². The second kappa shape index (κ2) is 8.79. The Morgan fingerprint density at radius 2 is 2.26 bits per heavy atom. The molecule has 0 aliphatic rings. The summed E-state index contributed by atoms with van der Waals surface area (Å²) in [5.41, 5.74) is 1.89. The molecule has 0 aliphatic heterocycles. The number of hydrogen-bond donors (Lipinski definition) is 0. The monoisotopic (exact) mass is 400 g/mol. The number of ether oxygens (including phenoxy) is 1. The van der Waals surface area contributed by atoms with Gasteiger partial charge in [-0.15, -0.1) is 21.5 Å². The van der Waals surface area contributed by atoms with Crippen molar-refractivity contribution in [2.75, 3.05) is 5.75 Å². The maximum Gasteiger partial charge on any atom is 0.277 e. The van der Waals surface area contributed by atoms with E-state index in [1.54, 1.807) is 0 Å². The van der Waals surface area contributed by atoms with Gasteiger partial charge in [0.1, 0.15) is 10.8 Å². The molecular weight excluding hydrogens is 384 g/mol. The van der Waals surface area contributed by atoms with Crippen molar-refractivity contribution in [3.8, 4) is 11.8 Å². The number of nitrogens with zero attached hydrogens (tertiary/aromatic N) is 4. The molecule has 9 heteroatoms. The molecule has 0 spiro atoms. The third-order valence-electron chi connectivity index (χ3n) is 3.47. The number of benzene rings is 1. The van der Waals surface area contributed by atoms with E-state index in [4.69, 9.17) is 9.15 Å². The van der Waals surface area contributed by atoms with Crippen LogP contribution in [0.3, 0.4) is 0 Å². The number of rotatable bonds is 8. The molecule has 2 heterocycles. The summed E-state index contributed by atoms with van der Waals surface area (Å²) in [5, 5.41) is 19.7. The second-order valence-corrected chi connectivity index (χ2v) is 7.53. The zero-order valence-electron chi connectivity index (χ0n) is 14.7. The van der Waals surface area contributed by atoms with Crippen LogP contribution in [-0.4, -0.2) is 26.7 Å². The summed E-state index contributed by atoms with van der Waals surface area (Å²) in [6.07, 6.45) is 0. The highest BCUT2D eigenvalue weighted by Gasteiger charge is 2.24. The minimum absolute atomic E-state index is 0.0528. The van der Waals surface area contributed by atoms with Crippen molar-refractivity contribution in [1.82, 2.24) is 15.2 Å². The minimum Gasteiger partial charge on any atom is -0.484 e. The molecular formula is C18H16N4O3S2. The van der Waals surface area contributed by atoms with Gasteiger partial charge in [0.05, 0.1) is 11.8 Å². The average molecular weight is 400 g/mol. The summed E-state index contributed by atoms with van der Waals surface area (Å²) < 4.78 is 11.1. The topological polar surface area (TPSA) is 102 Å². The highest BCUT2D eigenvalue weighted by molar-refractivity contribution is 7.99. The summed E-state index contributed by atoms with van der Waals surface area (Å²) in [6.45, 7) is 3.95. The molecule has 27 heavy (non-hydrogen) atoms. The summed E-state index contributed by atoms with van der Waals surface area (Å²) in [7, 11) is 0. The molecule has 1 unspecified atom stereocenters. The van der Waals surface area contributed by atoms with Gasteiger partial charge in [-0.3, -0.25) is 4.79 Å². The van der Waals surface area contributed by atoms with Gasteiger partial charge in [-0.1, -0.05) is 23.9 Å². The van der Waals surface area contributed by atoms with Gasteiger partial charge in [-0.05, 0) is 31.5 Å². The van der Waals surface area contributed by atoms with Gasteiger partial charge in [0.2, 0.25) is 0 Å². The molecule has 0 bridgehead atoms. The van der Waals surface area contributed by atoms with Gasteiger partial charge in [0.15, 0.2) is 18.3 Å². The van der Waals surface area contributed by atoms with Crippen LogP contribution in [-0.2, 0) is 11.4 Å². The van der Waals surface area contributed by atoms with Crippen LogP contribution in [0.4, 0.5) is 0 Å². The Morgan fingerprint density at radius 1 is 1.41 bits per heavy atom. The number of aryl methyl sites for hydroxylation is 2. The first kappa shape index (κ1) is 19.1. The number of thioether (sulfide) groups is 1. The van der Waals surface area contributed by atoms with Gasteiger partial charge in [-0.2, -0.15) is 5.26 Å². The molecule has 0 N–H and O–H groups in total. The molecule has 0 saturated carbocycles. The van der Waals surface area contributed by atoms with E-state index in [0.29, 0.717) is 16.6 Å². The molecule has 3 rings (SSSR count). The molecule has 138 valence electrons. The summed E-state index contributed by atoms with van der Waals surface area (Å²) in [6, 6.07) is 9.65. The maximum absolute atomic E-state index is 12.3. The SMILES string of the molecule is Cc1cccc(OCc2nnc(SCC(=O)C(C#N)c3nc(C)cs3)o2)c1. The summed E-state index contributed by atoms with van der Waals surface area (Å²) in [4.78, 5) is 16.5. The molecule has 1 atom stereocenters. The van der Waals surface area contributed by atoms with Crippen molar-refractivity contribution >= 4 is 28.9 Å². The molecule has 0 amide bonds. The largest absolute Gasteiger partial charge is 0.484 e. The van der Waals surface area contributed by atoms with Crippen LogP contribution < -0.4 is 4.74 Å². The number of thiazole rings is 1. The van der Waals surface area contributed by atoms with Crippen LogP contribution in [0.15, 0.2) is 39.3 Å². The fraction of sp³-hybridized carbons (Fsp3) is 0.278. The molecule has 7 nitrogen and oxygen atoms in total. The van der Waals surface area contributed by atoms with Gasteiger partial charge >= 0.3 is 0 Å². The number of ketones is 1.